The van der Waals surface area contributed by atoms with E-state index in [4.69, 9.17) is 9.39 Å². The second-order valence-electron chi connectivity index (χ2n) is 2.62. The van der Waals surface area contributed by atoms with Gasteiger partial charge in [0.25, 0.3) is 0 Å². The summed E-state index contributed by atoms with van der Waals surface area (Å²) in [6.45, 7) is 0. The standard InChI is InChI=1S/C8H11NO3S/c1-9(2)12-13(11)8-5-3-7(10)4-6-8/h3-6,10H,1-2H3. The number of nitrogens with zero attached hydrogens (tertiary/aromatic N) is 1. The zero-order valence-corrected chi connectivity index (χ0v) is 8.25. The number of phenols is 1. The second-order valence-corrected chi connectivity index (χ2v) is 3.71. The van der Waals surface area contributed by atoms with Gasteiger partial charge in [-0.25, -0.2) is 4.21 Å². The van der Waals surface area contributed by atoms with Crippen molar-refractivity contribution in [3.63, 3.8) is 0 Å². The molecule has 1 aromatic carbocycles. The van der Waals surface area contributed by atoms with E-state index < -0.39 is 11.1 Å². The molecule has 0 heterocycles. The molecule has 0 spiro atoms. The Morgan fingerprint density at radius 1 is 1.31 bits per heavy atom. The number of hydrogen-bond donors (Lipinski definition) is 1. The quantitative estimate of drug-likeness (QED) is 0.738. The van der Waals surface area contributed by atoms with E-state index >= 15 is 0 Å². The van der Waals surface area contributed by atoms with Crippen LogP contribution in [0.3, 0.4) is 0 Å². The summed E-state index contributed by atoms with van der Waals surface area (Å²) in [6, 6.07) is 6.03. The van der Waals surface area contributed by atoms with Gasteiger partial charge in [0, 0.05) is 14.1 Å². The van der Waals surface area contributed by atoms with Crippen molar-refractivity contribution in [2.75, 3.05) is 14.1 Å². The van der Waals surface area contributed by atoms with E-state index in [9.17, 15) is 4.21 Å². The number of hydroxylamine groups is 2. The van der Waals surface area contributed by atoms with Gasteiger partial charge in [-0.3, -0.25) is 0 Å². The zero-order valence-electron chi connectivity index (χ0n) is 7.43. The Morgan fingerprint density at radius 2 is 1.85 bits per heavy atom. The van der Waals surface area contributed by atoms with E-state index in [1.165, 1.54) is 17.2 Å². The maximum absolute atomic E-state index is 11.3. The van der Waals surface area contributed by atoms with E-state index in [1.54, 1.807) is 26.2 Å². The van der Waals surface area contributed by atoms with Gasteiger partial charge in [-0.15, -0.1) is 0 Å². The van der Waals surface area contributed by atoms with Crippen LogP contribution in [0.2, 0.25) is 0 Å². The van der Waals surface area contributed by atoms with Crippen LogP contribution < -0.4 is 0 Å². The van der Waals surface area contributed by atoms with Gasteiger partial charge in [-0.1, -0.05) is 0 Å². The molecule has 4 nitrogen and oxygen atoms in total. The number of aromatic hydroxyl groups is 1. The summed E-state index contributed by atoms with van der Waals surface area (Å²) < 4.78 is 16.2. The lowest BCUT2D eigenvalue weighted by molar-refractivity contribution is 0.0138. The first-order chi connectivity index (χ1) is 6.09. The highest BCUT2D eigenvalue weighted by molar-refractivity contribution is 7.80. The molecule has 72 valence electrons. The van der Waals surface area contributed by atoms with Crippen molar-refractivity contribution in [3.8, 4) is 5.75 Å². The van der Waals surface area contributed by atoms with Gasteiger partial charge in [0.1, 0.15) is 5.75 Å². The summed E-state index contributed by atoms with van der Waals surface area (Å²) >= 11 is -1.51. The summed E-state index contributed by atoms with van der Waals surface area (Å²) in [4.78, 5) is 0.520. The van der Waals surface area contributed by atoms with Gasteiger partial charge in [-0.2, -0.15) is 9.35 Å². The minimum atomic E-state index is -1.51. The first-order valence-corrected chi connectivity index (χ1v) is 4.73. The number of phenolic OH excluding ortho intramolecular Hbond substituents is 1. The van der Waals surface area contributed by atoms with Gasteiger partial charge < -0.3 is 5.11 Å². The molecule has 1 N–H and O–H groups in total. The van der Waals surface area contributed by atoms with Crippen LogP contribution in [-0.2, 0) is 15.4 Å². The van der Waals surface area contributed by atoms with Crippen LogP contribution in [0.4, 0.5) is 0 Å². The largest absolute Gasteiger partial charge is 0.508 e. The van der Waals surface area contributed by atoms with Gasteiger partial charge in [0.05, 0.1) is 4.90 Å². The fourth-order valence-corrected chi connectivity index (χ4v) is 1.45. The Hall–Kier alpha value is -0.910. The van der Waals surface area contributed by atoms with Crippen molar-refractivity contribution in [3.05, 3.63) is 24.3 Å². The van der Waals surface area contributed by atoms with Gasteiger partial charge in [0.2, 0.25) is 11.1 Å². The smallest absolute Gasteiger partial charge is 0.206 e. The summed E-state index contributed by atoms with van der Waals surface area (Å²) in [6.07, 6.45) is 0. The Bertz CT molecular complexity index is 297. The molecule has 13 heavy (non-hydrogen) atoms. The molecule has 0 fully saturated rings. The van der Waals surface area contributed by atoms with Crippen molar-refractivity contribution < 1.29 is 13.6 Å². The third kappa shape index (κ3) is 3.14. The Morgan fingerprint density at radius 3 is 2.31 bits per heavy atom. The highest BCUT2D eigenvalue weighted by Crippen LogP contribution is 2.13. The molecule has 0 aliphatic rings. The first kappa shape index (κ1) is 10.2. The molecule has 0 aromatic heterocycles. The average Bonchev–Trinajstić information content (AvgIpc) is 2.04. The van der Waals surface area contributed by atoms with E-state index in [1.807, 2.05) is 0 Å². The van der Waals surface area contributed by atoms with E-state index in [2.05, 4.69) is 0 Å². The average molecular weight is 201 g/mol. The van der Waals surface area contributed by atoms with Crippen LogP contribution >= 0.6 is 0 Å². The molecular weight excluding hydrogens is 190 g/mol. The molecule has 1 rings (SSSR count). The van der Waals surface area contributed by atoms with Gasteiger partial charge in [0.15, 0.2) is 0 Å². The summed E-state index contributed by atoms with van der Waals surface area (Å²) in [7, 11) is 3.30. The van der Waals surface area contributed by atoms with Crippen molar-refractivity contribution in [2.45, 2.75) is 4.90 Å². The molecule has 0 amide bonds. The maximum Gasteiger partial charge on any atom is 0.206 e. The van der Waals surface area contributed by atoms with Crippen LogP contribution in [0.1, 0.15) is 0 Å². The molecule has 0 bridgehead atoms. The Balaban J connectivity index is 2.72. The monoisotopic (exact) mass is 201 g/mol. The van der Waals surface area contributed by atoms with Crippen LogP contribution in [0.5, 0.6) is 5.75 Å². The molecule has 0 aliphatic carbocycles. The topological polar surface area (TPSA) is 49.8 Å². The number of benzene rings is 1. The Kier molecular flexibility index (Phi) is 3.41. The second kappa shape index (κ2) is 4.36. The lowest BCUT2D eigenvalue weighted by Crippen LogP contribution is -2.14. The van der Waals surface area contributed by atoms with Crippen LogP contribution in [0.15, 0.2) is 29.2 Å². The third-order valence-electron chi connectivity index (χ3n) is 1.25. The fraction of sp³-hybridized carbons (Fsp3) is 0.250. The molecule has 0 saturated carbocycles. The van der Waals surface area contributed by atoms with Gasteiger partial charge in [-0.05, 0) is 24.3 Å². The minimum Gasteiger partial charge on any atom is -0.508 e. The normalized spacial score (nSPS) is 13.2. The fourth-order valence-electron chi connectivity index (χ4n) is 0.736. The first-order valence-electron chi connectivity index (χ1n) is 3.66. The van der Waals surface area contributed by atoms with Crippen LogP contribution in [0, 0.1) is 0 Å². The molecule has 0 saturated heterocycles. The molecule has 5 heteroatoms. The third-order valence-corrected chi connectivity index (χ3v) is 2.34. The van der Waals surface area contributed by atoms with Crippen molar-refractivity contribution in [2.24, 2.45) is 0 Å². The summed E-state index contributed by atoms with van der Waals surface area (Å²) in [5.74, 6) is 0.144. The summed E-state index contributed by atoms with van der Waals surface area (Å²) in [5.41, 5.74) is 0. The SMILES string of the molecule is CN(C)OS(=O)c1ccc(O)cc1. The maximum atomic E-state index is 11.3. The molecular formula is C8H11NO3S. The van der Waals surface area contributed by atoms with Crippen LogP contribution in [-0.4, -0.2) is 28.5 Å². The lowest BCUT2D eigenvalue weighted by atomic mass is 10.3. The van der Waals surface area contributed by atoms with E-state index in [0.29, 0.717) is 4.90 Å². The summed E-state index contributed by atoms with van der Waals surface area (Å²) in [5, 5.41) is 10.3. The molecule has 1 aromatic rings. The van der Waals surface area contributed by atoms with Crippen LogP contribution in [0.25, 0.3) is 0 Å². The molecule has 0 aliphatic heterocycles. The van der Waals surface area contributed by atoms with E-state index in [-0.39, 0.29) is 5.75 Å². The predicted molar refractivity (Wildman–Crippen MR) is 49.3 cm³/mol. The van der Waals surface area contributed by atoms with Crippen molar-refractivity contribution in [1.29, 1.82) is 0 Å². The number of rotatable bonds is 3. The van der Waals surface area contributed by atoms with Crippen molar-refractivity contribution >= 4 is 11.1 Å². The van der Waals surface area contributed by atoms with Crippen molar-refractivity contribution in [1.82, 2.24) is 5.06 Å². The zero-order chi connectivity index (χ0) is 9.84. The van der Waals surface area contributed by atoms with E-state index in [0.717, 1.165) is 0 Å². The highest BCUT2D eigenvalue weighted by Gasteiger charge is 2.05. The Labute approximate surface area is 79.4 Å². The highest BCUT2D eigenvalue weighted by atomic mass is 32.2. The predicted octanol–water partition coefficient (Wildman–Crippen LogP) is 0.908. The number of hydrogen-bond acceptors (Lipinski definition) is 4. The minimum absolute atomic E-state index is 0.144. The molecule has 0 radical (unpaired) electrons. The molecule has 1 unspecified atom stereocenters. The molecule has 1 atom stereocenters. The van der Waals surface area contributed by atoms with Gasteiger partial charge >= 0.3 is 0 Å². The lowest BCUT2D eigenvalue weighted by Gasteiger charge is -2.08.